The van der Waals surface area contributed by atoms with Gasteiger partial charge in [0.15, 0.2) is 4.30 Å². The average molecular weight is 579 g/mol. The Balaban J connectivity index is 0.000000220. The summed E-state index contributed by atoms with van der Waals surface area (Å²) in [5.41, 5.74) is 7.86. The fourth-order valence-corrected chi connectivity index (χ4v) is 4.84. The zero-order valence-electron chi connectivity index (χ0n) is 19.2. The van der Waals surface area contributed by atoms with Crippen molar-refractivity contribution in [3.63, 3.8) is 0 Å². The van der Waals surface area contributed by atoms with Crippen molar-refractivity contribution in [2.45, 2.75) is 23.6 Å². The Morgan fingerprint density at radius 2 is 0.943 bits per heavy atom. The van der Waals surface area contributed by atoms with E-state index in [9.17, 15) is 0 Å². The molecule has 3 aliphatic heterocycles. The van der Waals surface area contributed by atoms with E-state index in [4.69, 9.17) is 34.8 Å². The van der Waals surface area contributed by atoms with Gasteiger partial charge in [-0.25, -0.2) is 9.97 Å². The van der Waals surface area contributed by atoms with Gasteiger partial charge >= 0.3 is 54.5 Å². The number of aromatic amines is 2. The van der Waals surface area contributed by atoms with Crippen molar-refractivity contribution in [1.82, 2.24) is 23.6 Å². The topological polar surface area (TPSA) is 60.6 Å². The second kappa shape index (κ2) is 12.8. The molecule has 0 spiro atoms. The number of halogens is 3. The van der Waals surface area contributed by atoms with Gasteiger partial charge in [0.25, 0.3) is 0 Å². The standard InChI is InChI=1S/C20H14N4.C5H10N.CHCl3.Zn/c1-2-14-10-16-5-6-18(23-16)12-20-8-7-19(24-20)11-17-4-3-15(22-17)9-13(1)21-14;1-2-4-6-5-3-1;2-1(3)4;/h1-12,21,24H;1-5H2;1H;/q;-1;;+1. The number of H-pyrrole nitrogens is 2. The first-order valence-electron chi connectivity index (χ1n) is 11.4. The van der Waals surface area contributed by atoms with Crippen LogP contribution in [0.25, 0.3) is 46.4 Å². The molecule has 0 aliphatic carbocycles. The van der Waals surface area contributed by atoms with Crippen LogP contribution in [0.15, 0.2) is 48.5 Å². The second-order valence-corrected chi connectivity index (χ2v) is 12.2. The van der Waals surface area contributed by atoms with E-state index < -0.39 is 4.30 Å². The fourth-order valence-electron chi connectivity index (χ4n) is 3.90. The molecule has 0 saturated carbocycles. The van der Waals surface area contributed by atoms with E-state index in [2.05, 4.69) is 47.8 Å². The molecule has 0 radical (unpaired) electrons. The average Bonchev–Trinajstić information content (AvgIpc) is 3.60. The third-order valence-corrected chi connectivity index (χ3v) is 6.82. The Morgan fingerprint density at radius 3 is 1.20 bits per heavy atom. The van der Waals surface area contributed by atoms with Crippen LogP contribution in [0, 0.1) is 0 Å². The summed E-state index contributed by atoms with van der Waals surface area (Å²) in [7, 11) is 0. The van der Waals surface area contributed by atoms with Crippen LogP contribution >= 0.6 is 34.8 Å². The minimum atomic E-state index is -0.750. The molecule has 0 unspecified atom stereocenters. The summed E-state index contributed by atoms with van der Waals surface area (Å²) in [4.78, 5) is 16.0. The van der Waals surface area contributed by atoms with Crippen LogP contribution in [-0.4, -0.2) is 41.0 Å². The molecule has 1 fully saturated rings. The van der Waals surface area contributed by atoms with E-state index in [1.54, 1.807) is 0 Å². The van der Waals surface area contributed by atoms with Gasteiger partial charge in [-0.15, -0.1) is 0 Å². The van der Waals surface area contributed by atoms with Crippen LogP contribution in [0.2, 0.25) is 0 Å². The van der Waals surface area contributed by atoms with Gasteiger partial charge in [-0.3, -0.25) is 0 Å². The van der Waals surface area contributed by atoms with Crippen LogP contribution < -0.4 is 0 Å². The van der Waals surface area contributed by atoms with Crippen LogP contribution in [0.1, 0.15) is 42.0 Å². The van der Waals surface area contributed by atoms with Crippen LogP contribution in [0.4, 0.5) is 0 Å². The van der Waals surface area contributed by atoms with E-state index >= 15 is 0 Å². The molecule has 0 atom stereocenters. The number of aromatic nitrogens is 4. The summed E-state index contributed by atoms with van der Waals surface area (Å²) in [5, 5.41) is 0. The predicted molar refractivity (Wildman–Crippen MR) is 146 cm³/mol. The van der Waals surface area contributed by atoms with Gasteiger partial charge in [0.2, 0.25) is 0 Å². The molecule has 0 aromatic carbocycles. The molecule has 0 amide bonds. The van der Waals surface area contributed by atoms with Crippen LogP contribution in [0.3, 0.4) is 0 Å². The Kier molecular flexibility index (Phi) is 9.59. The predicted octanol–water partition coefficient (Wildman–Crippen LogP) is 7.58. The number of alkyl halides is 3. The molecule has 6 heterocycles. The van der Waals surface area contributed by atoms with E-state index in [0.29, 0.717) is 0 Å². The maximum absolute atomic E-state index is 4.81. The van der Waals surface area contributed by atoms with Gasteiger partial charge in [-0.05, 0) is 72.8 Å². The van der Waals surface area contributed by atoms with Crippen LogP contribution in [-0.2, 0) is 18.5 Å². The summed E-state index contributed by atoms with van der Waals surface area (Å²) in [6.07, 6.45) is 12.4. The van der Waals surface area contributed by atoms with Crippen molar-refractivity contribution in [3.8, 4) is 0 Å². The molecule has 3 aromatic rings. The van der Waals surface area contributed by atoms with E-state index in [-0.39, 0.29) is 0 Å². The SMILES string of the molecule is C1=Cc2cc3ccc(cc4nc(cc5ccc(cc1n2)[nH]5)C=C4)[nH]3.ClC(Cl)Cl.[Zn][N]1CCCCC1. The molecule has 35 heavy (non-hydrogen) atoms. The fraction of sp³-hybridized carbons (Fsp3) is 0.231. The van der Waals surface area contributed by atoms with E-state index in [1.807, 2.05) is 48.6 Å². The van der Waals surface area contributed by atoms with Crippen molar-refractivity contribution >= 4 is 81.2 Å². The van der Waals surface area contributed by atoms with E-state index in [1.165, 1.54) is 50.9 Å². The van der Waals surface area contributed by atoms with Gasteiger partial charge in [0.1, 0.15) is 0 Å². The first-order valence-corrected chi connectivity index (χ1v) is 14.1. The number of hydrogen-bond donors (Lipinski definition) is 2. The van der Waals surface area contributed by atoms with Gasteiger partial charge < -0.3 is 9.97 Å². The molecule has 3 aliphatic rings. The van der Waals surface area contributed by atoms with Crippen molar-refractivity contribution in [2.24, 2.45) is 0 Å². The Bertz CT molecular complexity index is 1180. The van der Waals surface area contributed by atoms with Gasteiger partial charge in [0, 0.05) is 22.1 Å². The number of nitrogens with one attached hydrogen (secondary N) is 2. The zero-order valence-corrected chi connectivity index (χ0v) is 24.5. The zero-order chi connectivity index (χ0) is 24.6. The van der Waals surface area contributed by atoms with Crippen molar-refractivity contribution in [1.29, 1.82) is 0 Å². The summed E-state index contributed by atoms with van der Waals surface area (Å²) < 4.78 is 1.77. The molecule has 2 N–H and O–H groups in total. The van der Waals surface area contributed by atoms with Crippen molar-refractivity contribution < 1.29 is 18.5 Å². The molecule has 8 bridgehead atoms. The summed E-state index contributed by atoms with van der Waals surface area (Å²) in [6, 6.07) is 16.4. The molecular weight excluding hydrogens is 554 g/mol. The van der Waals surface area contributed by atoms with Crippen molar-refractivity contribution in [3.05, 3.63) is 71.3 Å². The molecule has 9 heteroatoms. The Hall–Kier alpha value is -1.95. The second-order valence-electron chi connectivity index (χ2n) is 8.33. The third kappa shape index (κ3) is 8.59. The number of hydrogen-bond acceptors (Lipinski definition) is 3. The molecule has 5 nitrogen and oxygen atoms in total. The number of fused-ring (bicyclic) bond motifs is 8. The first kappa shape index (κ1) is 26.1. The Labute approximate surface area is 230 Å². The first-order chi connectivity index (χ1) is 16.9. The summed E-state index contributed by atoms with van der Waals surface area (Å²) >= 11 is 15.8. The van der Waals surface area contributed by atoms with Crippen LogP contribution in [0.5, 0.6) is 0 Å². The monoisotopic (exact) mass is 576 g/mol. The van der Waals surface area contributed by atoms with Gasteiger partial charge in [-0.2, -0.15) is 0 Å². The van der Waals surface area contributed by atoms with Crippen molar-refractivity contribution in [2.75, 3.05) is 13.1 Å². The van der Waals surface area contributed by atoms with E-state index in [0.717, 1.165) is 44.8 Å². The molecule has 6 rings (SSSR count). The normalized spacial score (nSPS) is 14.8. The minimum absolute atomic E-state index is 0.750. The quantitative estimate of drug-likeness (QED) is 0.147. The molecule has 3 aromatic heterocycles. The molecule has 1 saturated heterocycles. The number of piperidine rings is 1. The third-order valence-electron chi connectivity index (χ3n) is 5.49. The maximum atomic E-state index is 4.81. The number of nitrogens with zero attached hydrogens (tertiary/aromatic N) is 3. The molecule has 177 valence electrons. The molecular formula is C26H25Cl3N5Zn. The van der Waals surface area contributed by atoms with Gasteiger partial charge in [-0.1, -0.05) is 34.8 Å². The number of rotatable bonds is 0. The Morgan fingerprint density at radius 1 is 0.629 bits per heavy atom. The summed E-state index contributed by atoms with van der Waals surface area (Å²) in [5.74, 6) is 0. The summed E-state index contributed by atoms with van der Waals surface area (Å²) in [6.45, 7) is 2.75. The van der Waals surface area contributed by atoms with Gasteiger partial charge in [0.05, 0.1) is 22.8 Å².